The Hall–Kier alpha value is -1.99. The second-order valence-corrected chi connectivity index (χ2v) is 7.79. The molecule has 128 valence electrons. The van der Waals surface area contributed by atoms with E-state index in [2.05, 4.69) is 21.0 Å². The van der Waals surface area contributed by atoms with Gasteiger partial charge in [-0.3, -0.25) is 14.3 Å². The maximum atomic E-state index is 12.8. The number of amides is 2. The van der Waals surface area contributed by atoms with E-state index >= 15 is 0 Å². The number of nitrogens with zero attached hydrogens (tertiary/aromatic N) is 3. The summed E-state index contributed by atoms with van der Waals surface area (Å²) >= 11 is 3.42. The van der Waals surface area contributed by atoms with Crippen molar-refractivity contribution in [2.75, 3.05) is 4.90 Å². The summed E-state index contributed by atoms with van der Waals surface area (Å²) in [5.41, 5.74) is 1.65. The van der Waals surface area contributed by atoms with E-state index in [-0.39, 0.29) is 35.9 Å². The largest absolute Gasteiger partial charge is 0.373 e. The SMILES string of the molecule is O=C1[C@@H]2[C@@H](C(=O)N1c1cnn(Cc3ccc(Br)cc3)c1)[C@@H]1CC[C@@H]2O1. The number of fused-ring (bicyclic) bond motifs is 5. The molecule has 2 aromatic rings. The number of hydrogen-bond acceptors (Lipinski definition) is 4. The molecule has 0 N–H and O–H groups in total. The summed E-state index contributed by atoms with van der Waals surface area (Å²) in [5, 5.41) is 4.32. The van der Waals surface area contributed by atoms with Crippen molar-refractivity contribution in [1.82, 2.24) is 9.78 Å². The van der Waals surface area contributed by atoms with Gasteiger partial charge in [0, 0.05) is 10.7 Å². The summed E-state index contributed by atoms with van der Waals surface area (Å²) in [6, 6.07) is 7.97. The molecule has 4 atom stereocenters. The molecule has 7 heteroatoms. The van der Waals surface area contributed by atoms with E-state index in [9.17, 15) is 9.59 Å². The van der Waals surface area contributed by atoms with Gasteiger partial charge in [0.05, 0.1) is 42.5 Å². The standard InChI is InChI=1S/C18H16BrN3O3/c19-11-3-1-10(2-4-11)8-21-9-12(7-20-21)22-17(23)15-13-5-6-14(25-13)16(15)18(22)24/h1-4,7,9,13-16H,5-6,8H2/t13-,14-,15-,16-/m0/s1. The number of aromatic nitrogens is 2. The van der Waals surface area contributed by atoms with Crippen LogP contribution in [0.1, 0.15) is 18.4 Å². The zero-order valence-electron chi connectivity index (χ0n) is 13.3. The van der Waals surface area contributed by atoms with Gasteiger partial charge in [-0.05, 0) is 30.5 Å². The third-order valence-electron chi connectivity index (χ3n) is 5.42. The second kappa shape index (κ2) is 5.51. The van der Waals surface area contributed by atoms with Crippen molar-refractivity contribution < 1.29 is 14.3 Å². The fraction of sp³-hybridized carbons (Fsp3) is 0.389. The minimum atomic E-state index is -0.305. The Bertz CT molecular complexity index is 835. The van der Waals surface area contributed by atoms with Crippen molar-refractivity contribution >= 4 is 33.4 Å². The molecule has 5 rings (SSSR count). The average Bonchev–Trinajstić information content (AvgIpc) is 3.35. The Morgan fingerprint density at radius 2 is 1.72 bits per heavy atom. The maximum Gasteiger partial charge on any atom is 0.240 e. The van der Waals surface area contributed by atoms with Crippen molar-refractivity contribution in [3.05, 3.63) is 46.7 Å². The number of benzene rings is 1. The van der Waals surface area contributed by atoms with Crippen LogP contribution in [0.2, 0.25) is 0 Å². The molecule has 6 nitrogen and oxygen atoms in total. The van der Waals surface area contributed by atoms with E-state index in [1.54, 1.807) is 17.1 Å². The van der Waals surface area contributed by atoms with Gasteiger partial charge in [-0.2, -0.15) is 5.10 Å². The number of carbonyl (C=O) groups is 2. The molecule has 3 aliphatic heterocycles. The van der Waals surface area contributed by atoms with Gasteiger partial charge in [-0.25, -0.2) is 4.90 Å². The Balaban J connectivity index is 1.39. The molecule has 3 fully saturated rings. The van der Waals surface area contributed by atoms with Crippen LogP contribution in [-0.4, -0.2) is 33.8 Å². The second-order valence-electron chi connectivity index (χ2n) is 6.88. The third-order valence-corrected chi connectivity index (χ3v) is 5.95. The number of anilines is 1. The van der Waals surface area contributed by atoms with Gasteiger partial charge < -0.3 is 4.74 Å². The minimum Gasteiger partial charge on any atom is -0.373 e. The van der Waals surface area contributed by atoms with Gasteiger partial charge in [0.1, 0.15) is 0 Å². The molecule has 25 heavy (non-hydrogen) atoms. The van der Waals surface area contributed by atoms with Crippen molar-refractivity contribution in [2.45, 2.75) is 31.6 Å². The van der Waals surface area contributed by atoms with Crippen LogP contribution in [0.15, 0.2) is 41.1 Å². The fourth-order valence-corrected chi connectivity index (χ4v) is 4.56. The maximum absolute atomic E-state index is 12.8. The number of rotatable bonds is 3. The third kappa shape index (κ3) is 2.29. The Labute approximate surface area is 152 Å². The van der Waals surface area contributed by atoms with Crippen molar-refractivity contribution in [1.29, 1.82) is 0 Å². The highest BCUT2D eigenvalue weighted by Crippen LogP contribution is 2.49. The molecule has 1 aromatic heterocycles. The number of ether oxygens (including phenoxy) is 1. The molecule has 2 bridgehead atoms. The molecule has 0 spiro atoms. The predicted octanol–water partition coefficient (Wildman–Crippen LogP) is 2.36. The number of carbonyl (C=O) groups excluding carboxylic acids is 2. The summed E-state index contributed by atoms with van der Waals surface area (Å²) in [7, 11) is 0. The van der Waals surface area contributed by atoms with E-state index in [4.69, 9.17) is 4.74 Å². The first kappa shape index (κ1) is 15.3. The first-order valence-electron chi connectivity index (χ1n) is 8.42. The average molecular weight is 402 g/mol. The van der Waals surface area contributed by atoms with E-state index in [1.165, 1.54) is 4.90 Å². The zero-order chi connectivity index (χ0) is 17.1. The molecule has 3 saturated heterocycles. The van der Waals surface area contributed by atoms with E-state index < -0.39 is 0 Å². The Kier molecular flexibility index (Phi) is 3.36. The summed E-state index contributed by atoms with van der Waals surface area (Å²) in [5.74, 6) is -0.877. The van der Waals surface area contributed by atoms with Crippen LogP contribution in [0.3, 0.4) is 0 Å². The first-order chi connectivity index (χ1) is 12.1. The van der Waals surface area contributed by atoms with Crippen molar-refractivity contribution in [2.24, 2.45) is 11.8 Å². The summed E-state index contributed by atoms with van der Waals surface area (Å²) in [4.78, 5) is 26.9. The van der Waals surface area contributed by atoms with Crippen LogP contribution < -0.4 is 4.90 Å². The van der Waals surface area contributed by atoms with Gasteiger partial charge in [-0.15, -0.1) is 0 Å². The predicted molar refractivity (Wildman–Crippen MR) is 92.8 cm³/mol. The molecule has 0 aliphatic carbocycles. The first-order valence-corrected chi connectivity index (χ1v) is 9.21. The van der Waals surface area contributed by atoms with Gasteiger partial charge >= 0.3 is 0 Å². The summed E-state index contributed by atoms with van der Waals surface area (Å²) in [6.07, 6.45) is 4.94. The highest BCUT2D eigenvalue weighted by Gasteiger charge is 2.62. The van der Waals surface area contributed by atoms with E-state index in [0.717, 1.165) is 22.9 Å². The molecule has 1 aromatic carbocycles. The quantitative estimate of drug-likeness (QED) is 0.740. The topological polar surface area (TPSA) is 64.4 Å². The van der Waals surface area contributed by atoms with Crippen LogP contribution >= 0.6 is 15.9 Å². The van der Waals surface area contributed by atoms with Crippen LogP contribution in [0.25, 0.3) is 0 Å². The highest BCUT2D eigenvalue weighted by atomic mass is 79.9. The fourth-order valence-electron chi connectivity index (χ4n) is 4.30. The molecule has 0 radical (unpaired) electrons. The lowest BCUT2D eigenvalue weighted by Crippen LogP contribution is -2.33. The zero-order valence-corrected chi connectivity index (χ0v) is 14.9. The van der Waals surface area contributed by atoms with Crippen LogP contribution in [0, 0.1) is 11.8 Å². The molecule has 0 unspecified atom stereocenters. The lowest BCUT2D eigenvalue weighted by Gasteiger charge is -2.15. The van der Waals surface area contributed by atoms with Gasteiger partial charge in [0.25, 0.3) is 0 Å². The number of hydrogen-bond donors (Lipinski definition) is 0. The van der Waals surface area contributed by atoms with Gasteiger partial charge in [-0.1, -0.05) is 28.1 Å². The Morgan fingerprint density at radius 3 is 2.36 bits per heavy atom. The minimum absolute atomic E-state index is 0.0886. The van der Waals surface area contributed by atoms with E-state index in [1.807, 2.05) is 24.3 Å². The molecule has 4 heterocycles. The summed E-state index contributed by atoms with van der Waals surface area (Å²) < 4.78 is 8.54. The monoisotopic (exact) mass is 401 g/mol. The van der Waals surface area contributed by atoms with Crippen LogP contribution in [0.4, 0.5) is 5.69 Å². The number of imide groups is 1. The van der Waals surface area contributed by atoms with Crippen LogP contribution in [0.5, 0.6) is 0 Å². The normalized spacial score (nSPS) is 30.4. The van der Waals surface area contributed by atoms with Crippen molar-refractivity contribution in [3.8, 4) is 0 Å². The molecular weight excluding hydrogens is 386 g/mol. The lowest BCUT2D eigenvalue weighted by atomic mass is 9.81. The summed E-state index contributed by atoms with van der Waals surface area (Å²) in [6.45, 7) is 0.588. The van der Waals surface area contributed by atoms with Gasteiger partial charge in [0.2, 0.25) is 11.8 Å². The molecule has 0 saturated carbocycles. The molecule has 2 amide bonds. The smallest absolute Gasteiger partial charge is 0.240 e. The number of halogens is 1. The lowest BCUT2D eigenvalue weighted by molar-refractivity contribution is -0.124. The van der Waals surface area contributed by atoms with Crippen molar-refractivity contribution in [3.63, 3.8) is 0 Å². The molecular formula is C18H16BrN3O3. The van der Waals surface area contributed by atoms with Gasteiger partial charge in [0.15, 0.2) is 0 Å². The highest BCUT2D eigenvalue weighted by molar-refractivity contribution is 9.10. The Morgan fingerprint density at radius 1 is 1.08 bits per heavy atom. The van der Waals surface area contributed by atoms with E-state index in [0.29, 0.717) is 12.2 Å². The van der Waals surface area contributed by atoms with Crippen LogP contribution in [-0.2, 0) is 20.9 Å². The molecule has 3 aliphatic rings.